The Morgan fingerprint density at radius 1 is 1.21 bits per heavy atom. The predicted molar refractivity (Wildman–Crippen MR) is 98.1 cm³/mol. The fourth-order valence-corrected chi connectivity index (χ4v) is 3.15. The van der Waals surface area contributed by atoms with Crippen LogP contribution in [0.5, 0.6) is 0 Å². The van der Waals surface area contributed by atoms with Gasteiger partial charge >= 0.3 is 0 Å². The molecule has 2 aromatic rings. The van der Waals surface area contributed by atoms with Crippen LogP contribution in [0.3, 0.4) is 0 Å². The van der Waals surface area contributed by atoms with Crippen LogP contribution in [0.25, 0.3) is 0 Å². The number of halogens is 1. The van der Waals surface area contributed by atoms with Gasteiger partial charge in [-0.15, -0.1) is 11.8 Å². The van der Waals surface area contributed by atoms with Crippen molar-refractivity contribution in [3.63, 3.8) is 0 Å². The fraction of sp³-hybridized carbons (Fsp3) is 0.294. The smallest absolute Gasteiger partial charge is 0.235 e. The van der Waals surface area contributed by atoms with Gasteiger partial charge in [0.1, 0.15) is 5.82 Å². The van der Waals surface area contributed by atoms with Gasteiger partial charge in [-0.1, -0.05) is 11.6 Å². The van der Waals surface area contributed by atoms with Crippen molar-refractivity contribution in [1.29, 1.82) is 0 Å². The maximum atomic E-state index is 12.0. The maximum absolute atomic E-state index is 12.0. The second-order valence-corrected chi connectivity index (χ2v) is 6.78. The number of amides is 1. The summed E-state index contributed by atoms with van der Waals surface area (Å²) in [6.07, 6.45) is 1.78. The largest absolute Gasteiger partial charge is 0.378 e. The molecule has 1 amide bonds. The minimum Gasteiger partial charge on any atom is -0.378 e. The lowest BCUT2D eigenvalue weighted by atomic mass is 10.3. The molecule has 1 aliphatic rings. The first-order valence-electron chi connectivity index (χ1n) is 7.68. The third kappa shape index (κ3) is 4.87. The van der Waals surface area contributed by atoms with Crippen LogP contribution in [0.1, 0.15) is 0 Å². The highest BCUT2D eigenvalue weighted by Crippen LogP contribution is 2.21. The molecule has 0 atom stereocenters. The third-order valence-corrected chi connectivity index (χ3v) is 4.84. The number of aromatic nitrogens is 1. The van der Waals surface area contributed by atoms with E-state index >= 15 is 0 Å². The predicted octanol–water partition coefficient (Wildman–Crippen LogP) is 3.30. The Balaban J connectivity index is 1.49. The van der Waals surface area contributed by atoms with E-state index in [2.05, 4.69) is 15.2 Å². The molecule has 0 bridgehead atoms. The number of thioether (sulfide) groups is 1. The van der Waals surface area contributed by atoms with Crippen LogP contribution in [-0.2, 0) is 9.53 Å². The van der Waals surface area contributed by atoms with Gasteiger partial charge in [0.2, 0.25) is 5.91 Å². The summed E-state index contributed by atoms with van der Waals surface area (Å²) in [6, 6.07) is 11.2. The summed E-state index contributed by atoms with van der Waals surface area (Å²) in [7, 11) is 0. The molecule has 1 saturated heterocycles. The van der Waals surface area contributed by atoms with Crippen molar-refractivity contribution in [3.8, 4) is 0 Å². The van der Waals surface area contributed by atoms with Gasteiger partial charge < -0.3 is 15.0 Å². The Bertz CT molecular complexity index is 673. The lowest BCUT2D eigenvalue weighted by Gasteiger charge is -2.28. The molecule has 3 rings (SSSR count). The molecule has 0 radical (unpaired) electrons. The van der Waals surface area contributed by atoms with E-state index in [1.54, 1.807) is 6.20 Å². The highest BCUT2D eigenvalue weighted by molar-refractivity contribution is 8.00. The summed E-state index contributed by atoms with van der Waals surface area (Å²) in [6.45, 7) is 3.21. The number of morpholine rings is 1. The van der Waals surface area contributed by atoms with Gasteiger partial charge in [-0.3, -0.25) is 4.79 Å². The number of anilines is 2. The highest BCUT2D eigenvalue weighted by Gasteiger charge is 2.12. The molecule has 1 fully saturated rings. The van der Waals surface area contributed by atoms with Crippen LogP contribution in [-0.4, -0.2) is 42.9 Å². The van der Waals surface area contributed by atoms with E-state index in [-0.39, 0.29) is 5.91 Å². The van der Waals surface area contributed by atoms with Crippen molar-refractivity contribution in [1.82, 2.24) is 4.98 Å². The molecule has 7 heteroatoms. The number of carbonyl (C=O) groups excluding carboxylic acids is 1. The topological polar surface area (TPSA) is 54.5 Å². The summed E-state index contributed by atoms with van der Waals surface area (Å²) in [5.74, 6) is 0.810. The Labute approximate surface area is 150 Å². The van der Waals surface area contributed by atoms with Gasteiger partial charge in [-0.25, -0.2) is 4.98 Å². The zero-order valence-corrected chi connectivity index (χ0v) is 14.6. The summed E-state index contributed by atoms with van der Waals surface area (Å²) in [5.41, 5.74) is 1.05. The van der Waals surface area contributed by atoms with Gasteiger partial charge in [-0.05, 0) is 36.4 Å². The van der Waals surface area contributed by atoms with Crippen LogP contribution in [0.4, 0.5) is 11.5 Å². The quantitative estimate of drug-likeness (QED) is 0.826. The lowest BCUT2D eigenvalue weighted by molar-refractivity contribution is -0.113. The first-order chi connectivity index (χ1) is 11.7. The van der Waals surface area contributed by atoms with Gasteiger partial charge in [0.25, 0.3) is 0 Å². The summed E-state index contributed by atoms with van der Waals surface area (Å²) in [5, 5.41) is 3.50. The molecule has 1 N–H and O–H groups in total. The van der Waals surface area contributed by atoms with Gasteiger partial charge in [-0.2, -0.15) is 0 Å². The van der Waals surface area contributed by atoms with Crippen LogP contribution in [0.2, 0.25) is 5.02 Å². The van der Waals surface area contributed by atoms with Crippen LogP contribution < -0.4 is 10.2 Å². The standard InChI is InChI=1S/C17H18ClN3O2S/c18-13-1-4-15(5-2-13)24-12-17(22)20-16-6-3-14(11-19-16)21-7-9-23-10-8-21/h1-6,11H,7-10,12H2,(H,19,20,22). The van der Waals surface area contributed by atoms with E-state index in [9.17, 15) is 4.79 Å². The minimum atomic E-state index is -0.0819. The van der Waals surface area contributed by atoms with Crippen molar-refractivity contribution < 1.29 is 9.53 Å². The first kappa shape index (κ1) is 17.1. The highest BCUT2D eigenvalue weighted by atomic mass is 35.5. The zero-order valence-electron chi connectivity index (χ0n) is 13.1. The fourth-order valence-electron chi connectivity index (χ4n) is 2.33. The zero-order chi connectivity index (χ0) is 16.8. The molecular formula is C17H18ClN3O2S. The molecule has 24 heavy (non-hydrogen) atoms. The van der Waals surface area contributed by atoms with Crippen molar-refractivity contribution in [2.24, 2.45) is 0 Å². The van der Waals surface area contributed by atoms with Gasteiger partial charge in [0, 0.05) is 23.0 Å². The van der Waals surface area contributed by atoms with E-state index in [0.717, 1.165) is 36.9 Å². The van der Waals surface area contributed by atoms with Crippen molar-refractivity contribution in [2.45, 2.75) is 4.90 Å². The molecular weight excluding hydrogens is 346 g/mol. The number of rotatable bonds is 5. The van der Waals surface area contributed by atoms with Crippen LogP contribution in [0, 0.1) is 0 Å². The lowest BCUT2D eigenvalue weighted by Crippen LogP contribution is -2.36. The number of hydrogen-bond acceptors (Lipinski definition) is 5. The maximum Gasteiger partial charge on any atom is 0.235 e. The molecule has 1 aromatic carbocycles. The summed E-state index contributed by atoms with van der Waals surface area (Å²) in [4.78, 5) is 19.6. The second-order valence-electron chi connectivity index (χ2n) is 5.29. The average Bonchev–Trinajstić information content (AvgIpc) is 2.63. The second kappa shape index (κ2) is 8.37. The number of ether oxygens (including phenoxy) is 1. The number of pyridine rings is 1. The Morgan fingerprint density at radius 3 is 2.62 bits per heavy atom. The average molecular weight is 364 g/mol. The van der Waals surface area contributed by atoms with Gasteiger partial charge in [0.15, 0.2) is 0 Å². The molecule has 2 heterocycles. The molecule has 0 unspecified atom stereocenters. The minimum absolute atomic E-state index is 0.0819. The Hall–Kier alpha value is -1.76. The van der Waals surface area contributed by atoms with E-state index in [1.165, 1.54) is 11.8 Å². The normalized spacial score (nSPS) is 14.5. The molecule has 1 aliphatic heterocycles. The van der Waals surface area contributed by atoms with Crippen molar-refractivity contribution in [3.05, 3.63) is 47.6 Å². The van der Waals surface area contributed by atoms with Crippen LogP contribution >= 0.6 is 23.4 Å². The molecule has 0 saturated carbocycles. The number of nitrogens with one attached hydrogen (secondary N) is 1. The third-order valence-electron chi connectivity index (χ3n) is 3.58. The summed E-state index contributed by atoms with van der Waals surface area (Å²) < 4.78 is 5.34. The molecule has 0 aliphatic carbocycles. The molecule has 0 spiro atoms. The van der Waals surface area contributed by atoms with Crippen LogP contribution in [0.15, 0.2) is 47.5 Å². The molecule has 126 valence electrons. The van der Waals surface area contributed by atoms with Gasteiger partial charge in [0.05, 0.1) is 30.9 Å². The van der Waals surface area contributed by atoms with Crippen molar-refractivity contribution in [2.75, 3.05) is 42.3 Å². The monoisotopic (exact) mass is 363 g/mol. The van der Waals surface area contributed by atoms with E-state index in [0.29, 0.717) is 16.6 Å². The Morgan fingerprint density at radius 2 is 1.96 bits per heavy atom. The van der Waals surface area contributed by atoms with E-state index in [1.807, 2.05) is 36.4 Å². The number of nitrogens with zero attached hydrogens (tertiary/aromatic N) is 2. The number of hydrogen-bond donors (Lipinski definition) is 1. The number of carbonyl (C=O) groups is 1. The SMILES string of the molecule is O=C(CSc1ccc(Cl)cc1)Nc1ccc(N2CCOCC2)cn1. The van der Waals surface area contributed by atoms with E-state index in [4.69, 9.17) is 16.3 Å². The Kier molecular flexibility index (Phi) is 5.96. The number of benzene rings is 1. The molecule has 1 aromatic heterocycles. The van der Waals surface area contributed by atoms with E-state index < -0.39 is 0 Å². The summed E-state index contributed by atoms with van der Waals surface area (Å²) >= 11 is 7.31. The first-order valence-corrected chi connectivity index (χ1v) is 9.04. The van der Waals surface area contributed by atoms with Crippen molar-refractivity contribution >= 4 is 40.8 Å². The molecule has 5 nitrogen and oxygen atoms in total.